The number of esters is 1. The van der Waals surface area contributed by atoms with Crippen molar-refractivity contribution in [1.29, 1.82) is 0 Å². The van der Waals surface area contributed by atoms with Gasteiger partial charge in [-0.1, -0.05) is 52.0 Å². The number of likely N-dealkylation sites (N-methyl/N-ethyl adjacent to an activating group) is 1. The standard InChI is InChI=1S/C44H68FN5O9/c1-13-49(12)50-36-27(4)33(46)25(2)24-42(7,55-22-16-20-31-18-14-17-30-19-15-21-47-34(30)31)38(58-39-35(51)32(48(10)11)23-26(3)56-39)28(5)37(52)43(8,45)40(53)57-29(6)44(36,9)59-41(50)54/h14-15,17-19,21,25-29,32-33,35-36,38-39,51H,13,16,20,22-24,46H2,1-12H3/t25-,26-,27+,28+,29-,32+,33?,35-,36-,38-,39+,42+,43?,44-/m1/s1. The molecule has 2 unspecified atom stereocenters. The maximum absolute atomic E-state index is 17.0. The highest BCUT2D eigenvalue weighted by Crippen LogP contribution is 2.44. The van der Waals surface area contributed by atoms with Crippen molar-refractivity contribution in [3.63, 3.8) is 0 Å². The van der Waals surface area contributed by atoms with E-state index in [1.807, 2.05) is 83.9 Å². The average Bonchev–Trinajstić information content (AvgIpc) is 3.47. The molecule has 0 bridgehead atoms. The highest BCUT2D eigenvalue weighted by atomic mass is 19.1. The van der Waals surface area contributed by atoms with E-state index >= 15 is 4.39 Å². The molecular formula is C44H68FN5O9. The van der Waals surface area contributed by atoms with Crippen LogP contribution in [-0.2, 0) is 39.7 Å². The number of pyridine rings is 1. The van der Waals surface area contributed by atoms with Gasteiger partial charge in [0, 0.05) is 49.8 Å². The Balaban J connectivity index is 1.59. The molecule has 59 heavy (non-hydrogen) atoms. The molecule has 2 aromatic rings. The molecule has 1 amide bonds. The lowest BCUT2D eigenvalue weighted by Crippen LogP contribution is -2.63. The lowest BCUT2D eigenvalue weighted by atomic mass is 9.72. The van der Waals surface area contributed by atoms with Gasteiger partial charge in [-0.3, -0.25) is 9.78 Å². The summed E-state index contributed by atoms with van der Waals surface area (Å²) in [5, 5.41) is 15.9. The Kier molecular flexibility index (Phi) is 14.5. The molecule has 14 nitrogen and oxygen atoms in total. The number of aromatic nitrogens is 1. The number of cyclic esters (lactones) is 1. The number of hydrogen-bond donors (Lipinski definition) is 2. The number of hydrazine groups is 1. The molecule has 0 saturated carbocycles. The van der Waals surface area contributed by atoms with Crippen LogP contribution in [-0.4, -0.2) is 143 Å². The van der Waals surface area contributed by atoms with Gasteiger partial charge in [-0.2, -0.15) is 0 Å². The van der Waals surface area contributed by atoms with Crippen LogP contribution in [0.4, 0.5) is 9.18 Å². The van der Waals surface area contributed by atoms with E-state index in [1.54, 1.807) is 25.2 Å². The normalized spacial score (nSPS) is 39.0. The highest BCUT2D eigenvalue weighted by Gasteiger charge is 2.62. The zero-order chi connectivity index (χ0) is 43.8. The SMILES string of the molecule is CCN(C)N1C(=O)O[C@]2(C)[C@@H](C)OC(=O)C(C)(F)C(=O)[C@H](C)[C@@H](O[C@@H]3O[C@H](C)C[C@H](N(C)C)[C@H]3O)[C@@](C)(OCCCc3cccc4cccnc34)C[C@@H](C)C(N)[C@H](C)[C@@H]12. The summed E-state index contributed by atoms with van der Waals surface area (Å²) in [6, 6.07) is 8.23. The number of aliphatic hydroxyl groups excluding tert-OH is 1. The number of alkyl halides is 1. The van der Waals surface area contributed by atoms with Crippen LogP contribution in [0, 0.1) is 17.8 Å². The number of para-hydroxylation sites is 1. The van der Waals surface area contributed by atoms with Crippen LogP contribution in [0.1, 0.15) is 87.1 Å². The summed E-state index contributed by atoms with van der Waals surface area (Å²) in [4.78, 5) is 48.6. The largest absolute Gasteiger partial charge is 0.456 e. The van der Waals surface area contributed by atoms with E-state index in [9.17, 15) is 19.5 Å². The Morgan fingerprint density at radius 1 is 1.05 bits per heavy atom. The van der Waals surface area contributed by atoms with Crippen molar-refractivity contribution in [2.24, 2.45) is 23.5 Å². The lowest BCUT2D eigenvalue weighted by molar-refractivity contribution is -0.298. The zero-order valence-electron chi connectivity index (χ0n) is 37.0. The Morgan fingerprint density at radius 3 is 2.39 bits per heavy atom. The number of aliphatic hydroxyl groups is 1. The van der Waals surface area contributed by atoms with Crippen LogP contribution < -0.4 is 5.73 Å². The first kappa shape index (κ1) is 46.8. The predicted molar refractivity (Wildman–Crippen MR) is 221 cm³/mol. The Morgan fingerprint density at radius 2 is 1.73 bits per heavy atom. The molecule has 330 valence electrons. The van der Waals surface area contributed by atoms with Gasteiger partial charge in [0.2, 0.25) is 0 Å². The van der Waals surface area contributed by atoms with Gasteiger partial charge in [0.05, 0.1) is 29.4 Å². The Labute approximate surface area is 349 Å². The molecule has 0 aliphatic carbocycles. The third-order valence-electron chi connectivity index (χ3n) is 13.4. The molecule has 1 aromatic carbocycles. The maximum Gasteiger partial charge on any atom is 0.425 e. The summed E-state index contributed by atoms with van der Waals surface area (Å²) in [5.41, 5.74) is 3.16. The molecule has 14 atom stereocenters. The zero-order valence-corrected chi connectivity index (χ0v) is 37.0. The van der Waals surface area contributed by atoms with Crippen molar-refractivity contribution in [2.45, 2.75) is 154 Å². The molecule has 4 heterocycles. The van der Waals surface area contributed by atoms with Crippen LogP contribution in [0.15, 0.2) is 36.5 Å². The second kappa shape index (κ2) is 18.3. The molecular weight excluding hydrogens is 762 g/mol. The minimum Gasteiger partial charge on any atom is -0.456 e. The van der Waals surface area contributed by atoms with E-state index in [2.05, 4.69) is 4.98 Å². The van der Waals surface area contributed by atoms with Gasteiger partial charge in [0.25, 0.3) is 5.67 Å². The lowest BCUT2D eigenvalue weighted by Gasteiger charge is -2.48. The molecule has 5 rings (SSSR count). The number of hydrogen-bond acceptors (Lipinski definition) is 13. The van der Waals surface area contributed by atoms with Crippen LogP contribution in [0.5, 0.6) is 0 Å². The minimum absolute atomic E-state index is 0.202. The maximum atomic E-state index is 17.0. The van der Waals surface area contributed by atoms with E-state index in [4.69, 9.17) is 29.4 Å². The van der Waals surface area contributed by atoms with Crippen LogP contribution in [0.25, 0.3) is 10.9 Å². The summed E-state index contributed by atoms with van der Waals surface area (Å²) < 4.78 is 48.7. The van der Waals surface area contributed by atoms with Crippen molar-refractivity contribution in [3.05, 3.63) is 42.1 Å². The van der Waals surface area contributed by atoms with Crippen molar-refractivity contribution in [2.75, 3.05) is 34.3 Å². The number of carbonyl (C=O) groups excluding carboxylic acids is 3. The molecule has 3 N–H and O–H groups in total. The number of nitrogens with zero attached hydrogens (tertiary/aromatic N) is 4. The average molecular weight is 830 g/mol. The van der Waals surface area contributed by atoms with Crippen molar-refractivity contribution in [1.82, 2.24) is 19.9 Å². The monoisotopic (exact) mass is 830 g/mol. The summed E-state index contributed by atoms with van der Waals surface area (Å²) in [7, 11) is 5.46. The number of carbonyl (C=O) groups is 3. The van der Waals surface area contributed by atoms with E-state index in [0.717, 1.165) is 23.4 Å². The summed E-state index contributed by atoms with van der Waals surface area (Å²) in [5.74, 6) is -4.68. The molecule has 1 aromatic heterocycles. The van der Waals surface area contributed by atoms with Gasteiger partial charge >= 0.3 is 12.1 Å². The fourth-order valence-corrected chi connectivity index (χ4v) is 9.57. The second-order valence-corrected chi connectivity index (χ2v) is 18.0. The second-order valence-electron chi connectivity index (χ2n) is 18.0. The molecule has 3 saturated heterocycles. The first-order valence-corrected chi connectivity index (χ1v) is 21.1. The summed E-state index contributed by atoms with van der Waals surface area (Å²) in [6.45, 7) is 15.7. The van der Waals surface area contributed by atoms with Gasteiger partial charge in [0.15, 0.2) is 17.7 Å². The number of benzene rings is 1. The van der Waals surface area contributed by atoms with Gasteiger partial charge in [-0.25, -0.2) is 24.0 Å². The fraction of sp³-hybridized carbons (Fsp3) is 0.727. The van der Waals surface area contributed by atoms with E-state index < -0.39 is 83.2 Å². The van der Waals surface area contributed by atoms with Crippen LogP contribution in [0.3, 0.4) is 0 Å². The number of rotatable bonds is 10. The van der Waals surface area contributed by atoms with Gasteiger partial charge < -0.3 is 39.4 Å². The number of ether oxygens (including phenoxy) is 5. The number of fused-ring (bicyclic) bond motifs is 2. The number of Topliss-reactive ketones (excluding diaryl/α,β-unsaturated/α-hetero) is 1. The van der Waals surface area contributed by atoms with Gasteiger partial charge in [-0.05, 0) is 97.9 Å². The number of amides is 1. The first-order valence-electron chi connectivity index (χ1n) is 21.1. The number of ketones is 1. The van der Waals surface area contributed by atoms with Gasteiger partial charge in [-0.15, -0.1) is 0 Å². The third-order valence-corrected chi connectivity index (χ3v) is 13.4. The molecule has 3 aliphatic heterocycles. The van der Waals surface area contributed by atoms with E-state index in [0.29, 0.717) is 25.8 Å². The van der Waals surface area contributed by atoms with E-state index in [1.165, 1.54) is 18.9 Å². The minimum atomic E-state index is -3.16. The molecule has 3 fully saturated rings. The molecule has 0 spiro atoms. The van der Waals surface area contributed by atoms with E-state index in [-0.39, 0.29) is 31.1 Å². The molecule has 15 heteroatoms. The predicted octanol–water partition coefficient (Wildman–Crippen LogP) is 5.07. The van der Waals surface area contributed by atoms with Crippen LogP contribution >= 0.6 is 0 Å². The summed E-state index contributed by atoms with van der Waals surface area (Å²) in [6.07, 6.45) is -2.10. The topological polar surface area (TPSA) is 166 Å². The van der Waals surface area contributed by atoms with Crippen molar-refractivity contribution in [3.8, 4) is 0 Å². The number of aryl methyl sites for hydroxylation is 1. The fourth-order valence-electron chi connectivity index (χ4n) is 9.57. The first-order chi connectivity index (χ1) is 27.6. The Hall–Kier alpha value is -3.31. The summed E-state index contributed by atoms with van der Waals surface area (Å²) >= 11 is 0. The Bertz CT molecular complexity index is 1800. The number of nitrogens with two attached hydrogens (primary N) is 1. The van der Waals surface area contributed by atoms with Crippen LogP contribution in [0.2, 0.25) is 0 Å². The number of halogens is 1. The smallest absolute Gasteiger partial charge is 0.425 e. The third kappa shape index (κ3) is 9.31. The van der Waals surface area contributed by atoms with Crippen molar-refractivity contribution >= 4 is 28.7 Å². The quantitative estimate of drug-likeness (QED) is 0.186. The van der Waals surface area contributed by atoms with Crippen molar-refractivity contribution < 1.29 is 47.6 Å². The van der Waals surface area contributed by atoms with Gasteiger partial charge in [0.1, 0.15) is 12.2 Å². The molecule has 3 aliphatic rings. The molecule has 0 radical (unpaired) electrons. The highest BCUT2D eigenvalue weighted by molar-refractivity contribution is 6.07.